The third kappa shape index (κ3) is 4.16. The molecule has 0 aliphatic carbocycles. The van der Waals surface area contributed by atoms with Gasteiger partial charge in [-0.2, -0.15) is 17.0 Å². The summed E-state index contributed by atoms with van der Waals surface area (Å²) in [6.07, 6.45) is 4.08. The molecule has 0 aliphatic rings. The molecule has 0 radical (unpaired) electrons. The van der Waals surface area contributed by atoms with Gasteiger partial charge in [0.15, 0.2) is 0 Å². The minimum Gasteiger partial charge on any atom is -0.370 e. The molecule has 16 heavy (non-hydrogen) atoms. The molecule has 0 aliphatic heterocycles. The Kier molecular flexibility index (Phi) is 5.81. The molecule has 1 unspecified atom stereocenters. The number of para-hydroxylation sites is 1. The van der Waals surface area contributed by atoms with Gasteiger partial charge in [0, 0.05) is 5.69 Å². The molecular weight excluding hydrogens is 216 g/mol. The molecule has 0 saturated heterocycles. The quantitative estimate of drug-likeness (QED) is 0.766. The summed E-state index contributed by atoms with van der Waals surface area (Å²) in [7, 11) is 0. The smallest absolute Gasteiger partial charge is 0.114 e. The minimum atomic E-state index is -0.0757. The molecule has 1 aromatic carbocycles. The van der Waals surface area contributed by atoms with Gasteiger partial charge >= 0.3 is 0 Å². The largest absolute Gasteiger partial charge is 0.370 e. The first-order valence-electron chi connectivity index (χ1n) is 5.48. The van der Waals surface area contributed by atoms with Crippen molar-refractivity contribution in [2.24, 2.45) is 0 Å². The predicted octanol–water partition coefficient (Wildman–Crippen LogP) is 3.44. The lowest BCUT2D eigenvalue weighted by Crippen LogP contribution is -2.17. The summed E-state index contributed by atoms with van der Waals surface area (Å²) in [6.45, 7) is 2.05. The second kappa shape index (κ2) is 7.19. The number of aryl methyl sites for hydroxylation is 1. The Hall–Kier alpha value is -1.14. The van der Waals surface area contributed by atoms with E-state index in [2.05, 4.69) is 30.6 Å². The van der Waals surface area contributed by atoms with Gasteiger partial charge in [0.25, 0.3) is 0 Å². The monoisotopic (exact) mass is 234 g/mol. The number of nitrogens with zero attached hydrogens (tertiary/aromatic N) is 1. The fourth-order valence-corrected chi connectivity index (χ4v) is 1.98. The molecule has 0 aromatic heterocycles. The van der Waals surface area contributed by atoms with Gasteiger partial charge in [0.1, 0.15) is 6.04 Å². The number of hydrogen-bond acceptors (Lipinski definition) is 3. The summed E-state index contributed by atoms with van der Waals surface area (Å²) in [6, 6.07) is 10.3. The molecule has 3 heteroatoms. The van der Waals surface area contributed by atoms with Crippen LogP contribution in [0.25, 0.3) is 0 Å². The van der Waals surface area contributed by atoms with Crippen LogP contribution in [-0.4, -0.2) is 18.1 Å². The van der Waals surface area contributed by atoms with Crippen LogP contribution >= 0.6 is 11.8 Å². The first-order valence-corrected chi connectivity index (χ1v) is 6.88. The Morgan fingerprint density at radius 3 is 2.81 bits per heavy atom. The molecule has 0 amide bonds. The third-order valence-electron chi connectivity index (χ3n) is 2.47. The maximum absolute atomic E-state index is 9.06. The molecule has 1 N–H and O–H groups in total. The second-order valence-electron chi connectivity index (χ2n) is 3.78. The van der Waals surface area contributed by atoms with Crippen LogP contribution in [0.4, 0.5) is 5.69 Å². The SMILES string of the molecule is CSCCCC(C#N)Nc1ccccc1C. The Balaban J connectivity index is 2.51. The highest BCUT2D eigenvalue weighted by Gasteiger charge is 2.07. The van der Waals surface area contributed by atoms with Crippen molar-refractivity contribution in [2.45, 2.75) is 25.8 Å². The van der Waals surface area contributed by atoms with E-state index in [1.807, 2.05) is 30.0 Å². The summed E-state index contributed by atoms with van der Waals surface area (Å²) >= 11 is 1.83. The number of hydrogen-bond donors (Lipinski definition) is 1. The number of nitrogens with one attached hydrogen (secondary N) is 1. The average molecular weight is 234 g/mol. The number of rotatable bonds is 6. The van der Waals surface area contributed by atoms with Crippen LogP contribution in [0.5, 0.6) is 0 Å². The van der Waals surface area contributed by atoms with Crippen LogP contribution in [0.15, 0.2) is 24.3 Å². The second-order valence-corrected chi connectivity index (χ2v) is 4.76. The van der Waals surface area contributed by atoms with Crippen LogP contribution < -0.4 is 5.32 Å². The van der Waals surface area contributed by atoms with Crippen LogP contribution in [0.2, 0.25) is 0 Å². The lowest BCUT2D eigenvalue weighted by atomic mass is 10.1. The van der Waals surface area contributed by atoms with Crippen LogP contribution in [0.1, 0.15) is 18.4 Å². The molecule has 86 valence electrons. The molecule has 2 nitrogen and oxygen atoms in total. The van der Waals surface area contributed by atoms with E-state index in [4.69, 9.17) is 5.26 Å². The lowest BCUT2D eigenvalue weighted by molar-refractivity contribution is 0.754. The van der Waals surface area contributed by atoms with Crippen molar-refractivity contribution < 1.29 is 0 Å². The Morgan fingerprint density at radius 2 is 2.19 bits per heavy atom. The van der Waals surface area contributed by atoms with E-state index < -0.39 is 0 Å². The number of benzene rings is 1. The van der Waals surface area contributed by atoms with Crippen molar-refractivity contribution in [2.75, 3.05) is 17.3 Å². The topological polar surface area (TPSA) is 35.8 Å². The molecule has 0 spiro atoms. The number of anilines is 1. The standard InChI is InChI=1S/C13H18N2S/c1-11-6-3-4-8-13(11)15-12(10-14)7-5-9-16-2/h3-4,6,8,12,15H,5,7,9H2,1-2H3. The van der Waals surface area contributed by atoms with Gasteiger partial charge in [-0.1, -0.05) is 18.2 Å². The molecule has 0 saturated carbocycles. The maximum atomic E-state index is 9.06. The van der Waals surface area contributed by atoms with Gasteiger partial charge in [-0.05, 0) is 43.4 Å². The van der Waals surface area contributed by atoms with E-state index in [0.717, 1.165) is 24.3 Å². The Bertz CT molecular complexity index is 357. The van der Waals surface area contributed by atoms with Gasteiger partial charge in [-0.3, -0.25) is 0 Å². The first kappa shape index (κ1) is 12.9. The number of thioether (sulfide) groups is 1. The van der Waals surface area contributed by atoms with Crippen molar-refractivity contribution in [3.8, 4) is 6.07 Å². The summed E-state index contributed by atoms with van der Waals surface area (Å²) in [5.41, 5.74) is 2.26. The van der Waals surface area contributed by atoms with Crippen molar-refractivity contribution >= 4 is 17.4 Å². The van der Waals surface area contributed by atoms with Gasteiger partial charge in [0.05, 0.1) is 6.07 Å². The van der Waals surface area contributed by atoms with Gasteiger partial charge in [0.2, 0.25) is 0 Å². The lowest BCUT2D eigenvalue weighted by Gasteiger charge is -2.14. The zero-order chi connectivity index (χ0) is 11.8. The molecule has 1 aromatic rings. The molecule has 0 heterocycles. The van der Waals surface area contributed by atoms with Crippen molar-refractivity contribution in [3.05, 3.63) is 29.8 Å². The maximum Gasteiger partial charge on any atom is 0.114 e. The fourth-order valence-electron chi connectivity index (χ4n) is 1.52. The molecule has 1 rings (SSSR count). The van der Waals surface area contributed by atoms with E-state index in [-0.39, 0.29) is 6.04 Å². The fraction of sp³-hybridized carbons (Fsp3) is 0.462. The molecule has 0 fully saturated rings. The summed E-state index contributed by atoms with van der Waals surface area (Å²) in [5.74, 6) is 1.12. The highest BCUT2D eigenvalue weighted by Crippen LogP contribution is 2.16. The Labute approximate surface area is 102 Å². The van der Waals surface area contributed by atoms with Gasteiger partial charge in [-0.15, -0.1) is 0 Å². The zero-order valence-corrected chi connectivity index (χ0v) is 10.7. The van der Waals surface area contributed by atoms with Crippen LogP contribution in [0, 0.1) is 18.3 Å². The van der Waals surface area contributed by atoms with Crippen LogP contribution in [0.3, 0.4) is 0 Å². The van der Waals surface area contributed by atoms with Crippen LogP contribution in [-0.2, 0) is 0 Å². The third-order valence-corrected chi connectivity index (χ3v) is 3.17. The predicted molar refractivity (Wildman–Crippen MR) is 71.8 cm³/mol. The molecule has 1 atom stereocenters. The normalized spacial score (nSPS) is 11.8. The van der Waals surface area contributed by atoms with E-state index >= 15 is 0 Å². The highest BCUT2D eigenvalue weighted by atomic mass is 32.2. The van der Waals surface area contributed by atoms with E-state index in [1.54, 1.807) is 0 Å². The van der Waals surface area contributed by atoms with Gasteiger partial charge < -0.3 is 5.32 Å². The van der Waals surface area contributed by atoms with E-state index in [9.17, 15) is 0 Å². The van der Waals surface area contributed by atoms with Crippen molar-refractivity contribution in [1.82, 2.24) is 0 Å². The first-order chi connectivity index (χ1) is 7.77. The summed E-state index contributed by atoms with van der Waals surface area (Å²) in [5, 5.41) is 12.3. The summed E-state index contributed by atoms with van der Waals surface area (Å²) < 4.78 is 0. The summed E-state index contributed by atoms with van der Waals surface area (Å²) in [4.78, 5) is 0. The van der Waals surface area contributed by atoms with Crippen molar-refractivity contribution in [1.29, 1.82) is 5.26 Å². The number of nitriles is 1. The molecule has 0 bridgehead atoms. The Morgan fingerprint density at radius 1 is 1.44 bits per heavy atom. The average Bonchev–Trinajstić information content (AvgIpc) is 2.30. The minimum absolute atomic E-state index is 0.0757. The molecular formula is C13H18N2S. The zero-order valence-electron chi connectivity index (χ0n) is 9.86. The van der Waals surface area contributed by atoms with E-state index in [0.29, 0.717) is 0 Å². The van der Waals surface area contributed by atoms with E-state index in [1.165, 1.54) is 5.56 Å². The van der Waals surface area contributed by atoms with Gasteiger partial charge in [-0.25, -0.2) is 0 Å². The highest BCUT2D eigenvalue weighted by molar-refractivity contribution is 7.98. The van der Waals surface area contributed by atoms with Crippen molar-refractivity contribution in [3.63, 3.8) is 0 Å².